The number of benzene rings is 1. The molecule has 2 N–H and O–H groups in total. The molecule has 2 saturated carbocycles. The number of carbonyl (C=O) groups excluding carboxylic acids is 1. The molecule has 0 saturated heterocycles. The van der Waals surface area contributed by atoms with Gasteiger partial charge in [-0.3, -0.25) is 4.79 Å². The van der Waals surface area contributed by atoms with Gasteiger partial charge in [0.05, 0.1) is 11.5 Å². The lowest BCUT2D eigenvalue weighted by Gasteiger charge is -2.51. The zero-order valence-corrected chi connectivity index (χ0v) is 13.3. The smallest absolute Gasteiger partial charge is 0.230 e. The van der Waals surface area contributed by atoms with E-state index in [1.165, 1.54) is 0 Å². The third-order valence-corrected chi connectivity index (χ3v) is 5.78. The Balaban J connectivity index is 1.79. The van der Waals surface area contributed by atoms with Gasteiger partial charge in [-0.1, -0.05) is 44.0 Å². The van der Waals surface area contributed by atoms with Crippen molar-refractivity contribution in [3.05, 3.63) is 34.9 Å². The van der Waals surface area contributed by atoms with Gasteiger partial charge in [-0.05, 0) is 37.0 Å². The van der Waals surface area contributed by atoms with E-state index in [2.05, 4.69) is 5.32 Å². The van der Waals surface area contributed by atoms with Crippen molar-refractivity contribution in [3.8, 4) is 0 Å². The summed E-state index contributed by atoms with van der Waals surface area (Å²) in [6.45, 7) is 4.00. The molecule has 4 heteroatoms. The Morgan fingerprint density at radius 2 is 2.10 bits per heavy atom. The molecule has 114 valence electrons. The minimum absolute atomic E-state index is 0.0525. The molecule has 0 bridgehead atoms. The predicted octanol–water partition coefficient (Wildman–Crippen LogP) is 3.04. The van der Waals surface area contributed by atoms with Crippen molar-refractivity contribution in [1.29, 1.82) is 0 Å². The van der Waals surface area contributed by atoms with E-state index >= 15 is 0 Å². The van der Waals surface area contributed by atoms with Crippen LogP contribution in [0.2, 0.25) is 5.02 Å². The maximum Gasteiger partial charge on any atom is 0.230 e. The molecular formula is C17H22ClNO2. The average Bonchev–Trinajstić information content (AvgIpc) is 2.37. The minimum Gasteiger partial charge on any atom is -0.392 e. The van der Waals surface area contributed by atoms with Gasteiger partial charge in [-0.15, -0.1) is 0 Å². The first kappa shape index (κ1) is 14.9. The number of rotatable bonds is 3. The van der Waals surface area contributed by atoms with E-state index in [0.29, 0.717) is 11.4 Å². The topological polar surface area (TPSA) is 49.3 Å². The van der Waals surface area contributed by atoms with Crippen molar-refractivity contribution in [2.75, 3.05) is 0 Å². The number of nitrogens with one attached hydrogen (secondary N) is 1. The van der Waals surface area contributed by atoms with Gasteiger partial charge in [0.2, 0.25) is 5.91 Å². The van der Waals surface area contributed by atoms with Crippen LogP contribution < -0.4 is 5.32 Å². The van der Waals surface area contributed by atoms with Crippen molar-refractivity contribution < 1.29 is 9.90 Å². The Bertz CT molecular complexity index is 566. The number of carbonyl (C=O) groups is 1. The van der Waals surface area contributed by atoms with Gasteiger partial charge in [0.15, 0.2) is 0 Å². The van der Waals surface area contributed by atoms with Crippen LogP contribution in [0.1, 0.15) is 45.1 Å². The van der Waals surface area contributed by atoms with Gasteiger partial charge in [0.1, 0.15) is 0 Å². The zero-order chi connectivity index (χ0) is 15.3. The van der Waals surface area contributed by atoms with Crippen molar-refractivity contribution in [2.24, 2.45) is 5.41 Å². The van der Waals surface area contributed by atoms with Crippen LogP contribution in [0, 0.1) is 5.41 Å². The molecule has 0 spiro atoms. The number of halogens is 1. The third kappa shape index (κ3) is 2.27. The predicted molar refractivity (Wildman–Crippen MR) is 83.3 cm³/mol. The summed E-state index contributed by atoms with van der Waals surface area (Å²) in [6.07, 6.45) is 3.12. The lowest BCUT2D eigenvalue weighted by Crippen LogP contribution is -2.64. The molecule has 1 amide bonds. The van der Waals surface area contributed by atoms with E-state index in [0.717, 1.165) is 24.8 Å². The van der Waals surface area contributed by atoms with Crippen LogP contribution in [0.25, 0.3) is 0 Å². The highest BCUT2D eigenvalue weighted by atomic mass is 35.5. The molecule has 2 fully saturated rings. The summed E-state index contributed by atoms with van der Waals surface area (Å²) in [7, 11) is 0. The van der Waals surface area contributed by atoms with Crippen molar-refractivity contribution >= 4 is 17.5 Å². The van der Waals surface area contributed by atoms with E-state index < -0.39 is 5.41 Å². The number of aliphatic hydroxyl groups excluding tert-OH is 1. The van der Waals surface area contributed by atoms with E-state index in [1.54, 1.807) is 0 Å². The number of hydrogen-bond acceptors (Lipinski definition) is 2. The summed E-state index contributed by atoms with van der Waals surface area (Å²) < 4.78 is 0. The molecule has 0 radical (unpaired) electrons. The Morgan fingerprint density at radius 1 is 1.38 bits per heavy atom. The van der Waals surface area contributed by atoms with Crippen LogP contribution >= 0.6 is 11.6 Å². The fraction of sp³-hybridized carbons (Fsp3) is 0.588. The molecule has 3 nitrogen and oxygen atoms in total. The molecule has 2 aliphatic rings. The quantitative estimate of drug-likeness (QED) is 0.902. The largest absolute Gasteiger partial charge is 0.392 e. The Hall–Kier alpha value is -1.06. The average molecular weight is 308 g/mol. The molecule has 0 heterocycles. The van der Waals surface area contributed by atoms with Crippen molar-refractivity contribution in [3.63, 3.8) is 0 Å². The molecule has 3 rings (SSSR count). The Labute approximate surface area is 130 Å². The Kier molecular flexibility index (Phi) is 3.53. The number of amides is 1. The molecule has 2 aliphatic carbocycles. The number of aliphatic hydroxyl groups is 1. The second-order valence-corrected chi connectivity index (χ2v) is 7.48. The highest BCUT2D eigenvalue weighted by Crippen LogP contribution is 2.46. The maximum atomic E-state index is 12.8. The second-order valence-electron chi connectivity index (χ2n) is 7.04. The highest BCUT2D eigenvalue weighted by Gasteiger charge is 2.52. The second kappa shape index (κ2) is 4.99. The van der Waals surface area contributed by atoms with Crippen molar-refractivity contribution in [1.82, 2.24) is 5.32 Å². The summed E-state index contributed by atoms with van der Waals surface area (Å²) in [4.78, 5) is 12.8. The molecule has 1 aromatic rings. The van der Waals surface area contributed by atoms with Crippen LogP contribution in [0.15, 0.2) is 24.3 Å². The lowest BCUT2D eigenvalue weighted by atomic mass is 9.61. The monoisotopic (exact) mass is 307 g/mol. The highest BCUT2D eigenvalue weighted by molar-refractivity contribution is 6.30. The van der Waals surface area contributed by atoms with E-state index in [1.807, 2.05) is 38.1 Å². The van der Waals surface area contributed by atoms with Gasteiger partial charge < -0.3 is 10.4 Å². The molecule has 2 unspecified atom stereocenters. The van der Waals surface area contributed by atoms with Crippen LogP contribution in [0.5, 0.6) is 0 Å². The molecule has 1 aromatic carbocycles. The lowest BCUT2D eigenvalue weighted by molar-refractivity contribution is -0.137. The first-order valence-corrected chi connectivity index (χ1v) is 7.99. The Morgan fingerprint density at radius 3 is 2.57 bits per heavy atom. The summed E-state index contributed by atoms with van der Waals surface area (Å²) in [5, 5.41) is 13.6. The minimum atomic E-state index is -0.429. The normalized spacial score (nSPS) is 29.1. The van der Waals surface area contributed by atoms with Crippen LogP contribution in [-0.2, 0) is 10.2 Å². The molecular weight excluding hydrogens is 286 g/mol. The summed E-state index contributed by atoms with van der Waals surface area (Å²) in [5.41, 5.74) is 0.340. The van der Waals surface area contributed by atoms with Gasteiger partial charge in [0, 0.05) is 16.5 Å². The van der Waals surface area contributed by atoms with Crippen LogP contribution in [-0.4, -0.2) is 23.2 Å². The van der Waals surface area contributed by atoms with E-state index in [9.17, 15) is 9.90 Å². The standard InChI is InChI=1S/C17H22ClNO2/c1-16(2)13(10-14(16)20)19-15(21)17(7-4-8-17)11-5-3-6-12(18)9-11/h3,5-6,9,13-14,20H,4,7-8,10H2,1-2H3,(H,19,21). The molecule has 21 heavy (non-hydrogen) atoms. The zero-order valence-electron chi connectivity index (χ0n) is 12.5. The summed E-state index contributed by atoms with van der Waals surface area (Å²) in [6, 6.07) is 7.69. The summed E-state index contributed by atoms with van der Waals surface area (Å²) >= 11 is 6.08. The maximum absolute atomic E-state index is 12.8. The van der Waals surface area contributed by atoms with Gasteiger partial charge in [-0.2, -0.15) is 0 Å². The fourth-order valence-corrected chi connectivity index (χ4v) is 3.60. The van der Waals surface area contributed by atoms with Crippen LogP contribution in [0.4, 0.5) is 0 Å². The van der Waals surface area contributed by atoms with Crippen LogP contribution in [0.3, 0.4) is 0 Å². The molecule has 0 aromatic heterocycles. The molecule has 2 atom stereocenters. The van der Waals surface area contributed by atoms with Gasteiger partial charge >= 0.3 is 0 Å². The summed E-state index contributed by atoms with van der Waals surface area (Å²) in [5.74, 6) is 0.0843. The van der Waals surface area contributed by atoms with E-state index in [-0.39, 0.29) is 23.5 Å². The van der Waals surface area contributed by atoms with E-state index in [4.69, 9.17) is 11.6 Å². The first-order chi connectivity index (χ1) is 9.86. The SMILES string of the molecule is CC1(C)C(O)CC1NC(=O)C1(c2cccc(Cl)c2)CCC1. The van der Waals surface area contributed by atoms with Gasteiger partial charge in [-0.25, -0.2) is 0 Å². The van der Waals surface area contributed by atoms with Crippen molar-refractivity contribution in [2.45, 2.75) is 57.1 Å². The fourth-order valence-electron chi connectivity index (χ4n) is 3.41. The first-order valence-electron chi connectivity index (χ1n) is 7.61. The third-order valence-electron chi connectivity index (χ3n) is 5.54. The number of hydrogen-bond donors (Lipinski definition) is 2. The molecule has 0 aliphatic heterocycles. The van der Waals surface area contributed by atoms with Gasteiger partial charge in [0.25, 0.3) is 0 Å².